The number of benzene rings is 2. The third kappa shape index (κ3) is 2.60. The van der Waals surface area contributed by atoms with E-state index in [-0.39, 0.29) is 23.7 Å². The standard InChI is InChI=1S/C23H24N2O3/c1-14-7-6-8-15(13-14)24-21(26)20-19-16-9-2-3-11-18(16)28-23(25-22(20)27)12-5-4-10-17(19)23/h2-3,6-9,11,13,17,19-20H,4-5,10,12H2,1H3,(H,24,26)(H,25,27)/t17-,19+,20+,23+/m1/s1. The summed E-state index contributed by atoms with van der Waals surface area (Å²) in [5.74, 6) is -0.501. The molecule has 0 unspecified atom stereocenters. The molecule has 0 spiro atoms. The Morgan fingerprint density at radius 3 is 2.89 bits per heavy atom. The van der Waals surface area contributed by atoms with E-state index in [1.807, 2.05) is 55.5 Å². The van der Waals surface area contributed by atoms with Crippen LogP contribution in [-0.2, 0) is 9.59 Å². The Kier molecular flexibility index (Phi) is 3.93. The number of amides is 2. The number of piperidine rings is 1. The second kappa shape index (κ2) is 6.36. The third-order valence-corrected chi connectivity index (χ3v) is 6.46. The van der Waals surface area contributed by atoms with Gasteiger partial charge in [0, 0.05) is 23.9 Å². The first kappa shape index (κ1) is 17.3. The maximum absolute atomic E-state index is 13.3. The summed E-state index contributed by atoms with van der Waals surface area (Å²) in [7, 11) is 0. The fourth-order valence-corrected chi connectivity index (χ4v) is 5.30. The number of rotatable bonds is 2. The van der Waals surface area contributed by atoms with E-state index in [0.717, 1.165) is 48.2 Å². The molecule has 2 fully saturated rings. The first-order valence-corrected chi connectivity index (χ1v) is 10.0. The van der Waals surface area contributed by atoms with Crippen molar-refractivity contribution in [1.29, 1.82) is 0 Å². The van der Waals surface area contributed by atoms with Crippen molar-refractivity contribution >= 4 is 17.5 Å². The SMILES string of the molecule is Cc1cccc(NC(=O)[C@H]2C(=O)N[C@]34CCCC[C@@H]3[C@@H]2c2ccccc2O4)c1. The van der Waals surface area contributed by atoms with Crippen molar-refractivity contribution in [2.24, 2.45) is 11.8 Å². The van der Waals surface area contributed by atoms with Crippen LogP contribution in [0.25, 0.3) is 0 Å². The Hall–Kier alpha value is -2.82. The number of nitrogens with one attached hydrogen (secondary N) is 2. The molecule has 144 valence electrons. The van der Waals surface area contributed by atoms with Gasteiger partial charge in [0.1, 0.15) is 11.7 Å². The van der Waals surface area contributed by atoms with Crippen molar-refractivity contribution in [3.8, 4) is 5.75 Å². The van der Waals surface area contributed by atoms with Gasteiger partial charge in [-0.2, -0.15) is 0 Å². The van der Waals surface area contributed by atoms with Crippen LogP contribution >= 0.6 is 0 Å². The van der Waals surface area contributed by atoms with Gasteiger partial charge in [-0.3, -0.25) is 9.59 Å². The molecule has 2 aromatic rings. The summed E-state index contributed by atoms with van der Waals surface area (Å²) in [5, 5.41) is 6.08. The number of anilines is 1. The highest BCUT2D eigenvalue weighted by Gasteiger charge is 2.60. The normalized spacial score (nSPS) is 30.3. The summed E-state index contributed by atoms with van der Waals surface area (Å²) < 4.78 is 6.36. The van der Waals surface area contributed by atoms with Crippen LogP contribution < -0.4 is 15.4 Å². The first-order chi connectivity index (χ1) is 13.6. The zero-order valence-corrected chi connectivity index (χ0v) is 15.9. The summed E-state index contributed by atoms with van der Waals surface area (Å²) in [4.78, 5) is 26.4. The molecule has 5 heteroatoms. The summed E-state index contributed by atoms with van der Waals surface area (Å²) in [5.41, 5.74) is 2.09. The lowest BCUT2D eigenvalue weighted by Gasteiger charge is -2.55. The number of carbonyl (C=O) groups is 2. The van der Waals surface area contributed by atoms with Crippen molar-refractivity contribution in [1.82, 2.24) is 5.32 Å². The molecule has 2 bridgehead atoms. The molecule has 0 radical (unpaired) electrons. The van der Waals surface area contributed by atoms with E-state index >= 15 is 0 Å². The van der Waals surface area contributed by atoms with Crippen molar-refractivity contribution in [3.05, 3.63) is 59.7 Å². The van der Waals surface area contributed by atoms with Gasteiger partial charge in [-0.25, -0.2) is 0 Å². The van der Waals surface area contributed by atoms with E-state index in [0.29, 0.717) is 0 Å². The van der Waals surface area contributed by atoms with Gasteiger partial charge in [0.2, 0.25) is 11.8 Å². The van der Waals surface area contributed by atoms with E-state index in [4.69, 9.17) is 4.74 Å². The molecule has 2 amide bonds. The molecule has 2 N–H and O–H groups in total. The molecule has 2 heterocycles. The summed E-state index contributed by atoms with van der Waals surface area (Å²) in [6, 6.07) is 15.5. The minimum atomic E-state index is -0.762. The van der Waals surface area contributed by atoms with Gasteiger partial charge >= 0.3 is 0 Å². The van der Waals surface area contributed by atoms with Crippen molar-refractivity contribution in [2.75, 3.05) is 5.32 Å². The van der Waals surface area contributed by atoms with Crippen LogP contribution in [0, 0.1) is 18.8 Å². The van der Waals surface area contributed by atoms with E-state index in [2.05, 4.69) is 10.6 Å². The fourth-order valence-electron chi connectivity index (χ4n) is 5.30. The van der Waals surface area contributed by atoms with Crippen LogP contribution in [0.5, 0.6) is 5.75 Å². The molecule has 5 nitrogen and oxygen atoms in total. The maximum atomic E-state index is 13.3. The van der Waals surface area contributed by atoms with Crippen LogP contribution in [0.1, 0.15) is 42.7 Å². The Balaban J connectivity index is 1.55. The highest BCUT2D eigenvalue weighted by atomic mass is 16.5. The van der Waals surface area contributed by atoms with Gasteiger partial charge < -0.3 is 15.4 Å². The Morgan fingerprint density at radius 1 is 1.18 bits per heavy atom. The predicted molar refractivity (Wildman–Crippen MR) is 106 cm³/mol. The highest BCUT2D eigenvalue weighted by Crippen LogP contribution is 2.55. The Labute approximate surface area is 164 Å². The monoisotopic (exact) mass is 376 g/mol. The van der Waals surface area contributed by atoms with Crippen LogP contribution in [0.2, 0.25) is 0 Å². The number of carbonyl (C=O) groups excluding carboxylic acids is 2. The minimum Gasteiger partial charge on any atom is -0.467 e. The molecule has 5 rings (SSSR count). The number of para-hydroxylation sites is 1. The molecular weight excluding hydrogens is 352 g/mol. The molecule has 1 aliphatic carbocycles. The molecule has 1 saturated carbocycles. The Bertz CT molecular complexity index is 956. The molecule has 1 saturated heterocycles. The third-order valence-electron chi connectivity index (χ3n) is 6.46. The van der Waals surface area contributed by atoms with Crippen molar-refractivity contribution in [3.63, 3.8) is 0 Å². The van der Waals surface area contributed by atoms with Gasteiger partial charge in [0.25, 0.3) is 0 Å². The minimum absolute atomic E-state index is 0.113. The fraction of sp³-hybridized carbons (Fsp3) is 0.391. The molecule has 3 aliphatic rings. The molecular formula is C23H24N2O3. The topological polar surface area (TPSA) is 67.4 Å². The molecule has 2 aliphatic heterocycles. The van der Waals surface area contributed by atoms with Crippen molar-refractivity contribution in [2.45, 2.75) is 44.2 Å². The second-order valence-electron chi connectivity index (χ2n) is 8.23. The lowest BCUT2D eigenvalue weighted by molar-refractivity contribution is -0.160. The van der Waals surface area contributed by atoms with Crippen LogP contribution in [-0.4, -0.2) is 17.5 Å². The lowest BCUT2D eigenvalue weighted by atomic mass is 9.62. The zero-order chi connectivity index (χ0) is 19.3. The van der Waals surface area contributed by atoms with Gasteiger partial charge in [-0.1, -0.05) is 36.8 Å². The number of aryl methyl sites for hydroxylation is 1. The van der Waals surface area contributed by atoms with Gasteiger partial charge in [0.05, 0.1) is 0 Å². The molecule has 28 heavy (non-hydrogen) atoms. The number of hydrogen-bond acceptors (Lipinski definition) is 3. The molecule has 0 aromatic heterocycles. The maximum Gasteiger partial charge on any atom is 0.237 e. The van der Waals surface area contributed by atoms with Crippen molar-refractivity contribution < 1.29 is 14.3 Å². The number of fused-ring (bicyclic) bond motifs is 2. The highest BCUT2D eigenvalue weighted by molar-refractivity contribution is 6.08. The van der Waals surface area contributed by atoms with E-state index in [1.165, 1.54) is 0 Å². The summed E-state index contributed by atoms with van der Waals surface area (Å²) in [6.45, 7) is 1.98. The number of ether oxygens (including phenoxy) is 1. The average Bonchev–Trinajstić information content (AvgIpc) is 2.67. The second-order valence-corrected chi connectivity index (χ2v) is 8.23. The molecule has 4 atom stereocenters. The van der Waals surface area contributed by atoms with Gasteiger partial charge in [-0.15, -0.1) is 0 Å². The average molecular weight is 376 g/mol. The summed E-state index contributed by atoms with van der Waals surface area (Å²) >= 11 is 0. The lowest BCUT2D eigenvalue weighted by Crippen LogP contribution is -2.69. The van der Waals surface area contributed by atoms with E-state index in [1.54, 1.807) is 0 Å². The molecule has 2 aromatic carbocycles. The van der Waals surface area contributed by atoms with Crippen LogP contribution in [0.3, 0.4) is 0 Å². The summed E-state index contributed by atoms with van der Waals surface area (Å²) in [6.07, 6.45) is 3.86. The van der Waals surface area contributed by atoms with Gasteiger partial charge in [-0.05, 0) is 49.1 Å². The number of hydrogen-bond donors (Lipinski definition) is 2. The largest absolute Gasteiger partial charge is 0.467 e. The van der Waals surface area contributed by atoms with E-state index < -0.39 is 11.6 Å². The predicted octanol–water partition coefficient (Wildman–Crippen LogP) is 3.74. The first-order valence-electron chi connectivity index (χ1n) is 10.0. The van der Waals surface area contributed by atoms with E-state index in [9.17, 15) is 9.59 Å². The smallest absolute Gasteiger partial charge is 0.237 e. The van der Waals surface area contributed by atoms with Crippen LogP contribution in [0.4, 0.5) is 5.69 Å². The van der Waals surface area contributed by atoms with Gasteiger partial charge in [0.15, 0.2) is 5.72 Å². The zero-order valence-electron chi connectivity index (χ0n) is 15.9. The Morgan fingerprint density at radius 2 is 2.04 bits per heavy atom. The quantitative estimate of drug-likeness (QED) is 0.785. The van der Waals surface area contributed by atoms with Crippen LogP contribution in [0.15, 0.2) is 48.5 Å².